The number of pyridine rings is 2. The van der Waals surface area contributed by atoms with Crippen molar-refractivity contribution in [3.63, 3.8) is 0 Å². The van der Waals surface area contributed by atoms with E-state index in [2.05, 4.69) is 54.6 Å². The summed E-state index contributed by atoms with van der Waals surface area (Å²) in [6, 6.07) is 20.3. The molecule has 0 spiro atoms. The molecule has 1 aliphatic rings. The zero-order valence-corrected chi connectivity index (χ0v) is 24.1. The lowest BCUT2D eigenvalue weighted by Crippen LogP contribution is -2.38. The summed E-state index contributed by atoms with van der Waals surface area (Å²) in [6.45, 7) is 4.64. The molecule has 0 amide bonds. The average Bonchev–Trinajstić information content (AvgIpc) is 3.65. The monoisotopic (exact) mass is 583 g/mol. The zero-order valence-electron chi connectivity index (χ0n) is 24.1. The van der Waals surface area contributed by atoms with E-state index in [4.69, 9.17) is 25.5 Å². The number of nitrogen functional groups attached to an aromatic ring is 1. The number of piperidine rings is 1. The minimum Gasteiger partial charge on any atom is -0.383 e. The van der Waals surface area contributed by atoms with Gasteiger partial charge in [0.15, 0.2) is 11.5 Å². The van der Waals surface area contributed by atoms with Gasteiger partial charge in [-0.2, -0.15) is 5.26 Å². The van der Waals surface area contributed by atoms with Gasteiger partial charge in [0.1, 0.15) is 29.0 Å². The molecule has 0 radical (unpaired) electrons. The number of nitriles is 1. The summed E-state index contributed by atoms with van der Waals surface area (Å²) >= 11 is 0. The number of hydrogen-bond acceptors (Lipinski definition) is 11. The minimum atomic E-state index is 0.178. The second kappa shape index (κ2) is 11.5. The topological polar surface area (TPSA) is 160 Å². The van der Waals surface area contributed by atoms with Gasteiger partial charge < -0.3 is 15.6 Å². The number of fused-ring (bicyclic) bond motifs is 1. The number of anilines is 2. The van der Waals surface area contributed by atoms with Gasteiger partial charge in [-0.3, -0.25) is 9.47 Å². The van der Waals surface area contributed by atoms with Crippen molar-refractivity contribution in [3.8, 4) is 34.4 Å². The third-order valence-corrected chi connectivity index (χ3v) is 7.91. The summed E-state index contributed by atoms with van der Waals surface area (Å²) in [6.07, 6.45) is 6.94. The molecule has 0 atom stereocenters. The number of likely N-dealkylation sites (tertiary alicyclic amines) is 1. The van der Waals surface area contributed by atoms with Crippen LogP contribution in [0.25, 0.3) is 39.5 Å². The van der Waals surface area contributed by atoms with Crippen LogP contribution in [0.5, 0.6) is 0 Å². The highest BCUT2D eigenvalue weighted by Crippen LogP contribution is 2.32. The van der Waals surface area contributed by atoms with E-state index < -0.39 is 0 Å². The summed E-state index contributed by atoms with van der Waals surface area (Å²) in [4.78, 5) is 24.9. The number of hydrogen-bond donors (Lipinski definition) is 2. The molecule has 7 rings (SSSR count). The third kappa shape index (κ3) is 5.32. The van der Waals surface area contributed by atoms with Crippen LogP contribution in [-0.4, -0.2) is 58.7 Å². The maximum Gasteiger partial charge on any atom is 0.234 e. The van der Waals surface area contributed by atoms with Crippen molar-refractivity contribution in [2.24, 2.45) is 0 Å². The first-order valence-electron chi connectivity index (χ1n) is 14.4. The molecule has 1 fully saturated rings. The van der Waals surface area contributed by atoms with Gasteiger partial charge in [0, 0.05) is 43.8 Å². The van der Waals surface area contributed by atoms with Crippen LogP contribution in [0.2, 0.25) is 0 Å². The van der Waals surface area contributed by atoms with Gasteiger partial charge in [-0.05, 0) is 67.8 Å². The van der Waals surface area contributed by atoms with Crippen LogP contribution in [0, 0.1) is 18.3 Å². The molecule has 6 aromatic rings. The Morgan fingerprint density at radius 2 is 1.82 bits per heavy atom. The zero-order chi connectivity index (χ0) is 30.0. The summed E-state index contributed by atoms with van der Waals surface area (Å²) in [5.74, 6) is 2.65. The summed E-state index contributed by atoms with van der Waals surface area (Å²) in [7, 11) is 0. The lowest BCUT2D eigenvalue weighted by molar-refractivity contribution is 0.211. The smallest absolute Gasteiger partial charge is 0.234 e. The number of nitrogens with two attached hydrogens (primary N) is 1. The van der Waals surface area contributed by atoms with Gasteiger partial charge in [-0.25, -0.2) is 24.9 Å². The molecule has 0 aliphatic carbocycles. The summed E-state index contributed by atoms with van der Waals surface area (Å²) in [5, 5.41) is 16.4. The van der Waals surface area contributed by atoms with E-state index in [-0.39, 0.29) is 5.82 Å². The number of imidazole rings is 1. The Labute approximate surface area is 253 Å². The van der Waals surface area contributed by atoms with Crippen molar-refractivity contribution in [2.75, 3.05) is 24.1 Å². The van der Waals surface area contributed by atoms with E-state index in [0.717, 1.165) is 60.5 Å². The molecule has 0 unspecified atom stereocenters. The molecule has 6 heterocycles. The van der Waals surface area contributed by atoms with Gasteiger partial charge in [-0.1, -0.05) is 17.3 Å². The third-order valence-electron chi connectivity index (χ3n) is 7.91. The van der Waals surface area contributed by atoms with Crippen LogP contribution in [0.4, 0.5) is 11.6 Å². The Kier molecular flexibility index (Phi) is 7.13. The van der Waals surface area contributed by atoms with Crippen molar-refractivity contribution >= 4 is 22.8 Å². The highest BCUT2D eigenvalue weighted by Gasteiger charge is 2.22. The number of nitrogens with zero attached hydrogens (tertiary/aromatic N) is 9. The molecule has 218 valence electrons. The quantitative estimate of drug-likeness (QED) is 0.266. The first kappa shape index (κ1) is 27.2. The van der Waals surface area contributed by atoms with Crippen LogP contribution < -0.4 is 11.1 Å². The second-order valence-corrected chi connectivity index (χ2v) is 10.8. The van der Waals surface area contributed by atoms with E-state index >= 15 is 0 Å². The van der Waals surface area contributed by atoms with Crippen molar-refractivity contribution < 1.29 is 4.52 Å². The van der Waals surface area contributed by atoms with Gasteiger partial charge in [0.25, 0.3) is 0 Å². The highest BCUT2D eigenvalue weighted by atomic mass is 16.5. The Bertz CT molecular complexity index is 1980. The predicted octanol–water partition coefficient (Wildman–Crippen LogP) is 4.77. The van der Waals surface area contributed by atoms with E-state index in [1.54, 1.807) is 24.7 Å². The van der Waals surface area contributed by atoms with Gasteiger partial charge in [-0.15, -0.1) is 0 Å². The van der Waals surface area contributed by atoms with Gasteiger partial charge >= 0.3 is 0 Å². The number of aryl methyl sites for hydroxylation is 1. The fourth-order valence-electron chi connectivity index (χ4n) is 5.63. The number of benzene rings is 1. The van der Waals surface area contributed by atoms with E-state index in [9.17, 15) is 0 Å². The van der Waals surface area contributed by atoms with Crippen LogP contribution in [0.3, 0.4) is 0 Å². The van der Waals surface area contributed by atoms with Crippen LogP contribution in [-0.2, 0) is 6.54 Å². The molecule has 12 nitrogen and oxygen atoms in total. The number of rotatable bonds is 7. The van der Waals surface area contributed by atoms with Crippen LogP contribution >= 0.6 is 0 Å². The van der Waals surface area contributed by atoms with Gasteiger partial charge in [0.05, 0.1) is 23.0 Å². The van der Waals surface area contributed by atoms with Crippen molar-refractivity contribution in [3.05, 3.63) is 90.3 Å². The van der Waals surface area contributed by atoms with E-state index in [1.165, 1.54) is 5.56 Å². The molecular formula is C32H29N11O. The maximum absolute atomic E-state index is 9.06. The van der Waals surface area contributed by atoms with E-state index in [0.29, 0.717) is 34.9 Å². The molecule has 3 N–H and O–H groups in total. The molecular weight excluding hydrogens is 554 g/mol. The molecule has 1 aromatic carbocycles. The number of nitrogens with one attached hydrogen (secondary N) is 1. The number of aromatic nitrogens is 7. The fourth-order valence-corrected chi connectivity index (χ4v) is 5.63. The first-order chi connectivity index (χ1) is 21.6. The Balaban J connectivity index is 1.13. The van der Waals surface area contributed by atoms with Crippen molar-refractivity contribution in [2.45, 2.75) is 32.4 Å². The highest BCUT2D eigenvalue weighted by molar-refractivity contribution is 5.84. The summed E-state index contributed by atoms with van der Waals surface area (Å²) < 4.78 is 7.32. The van der Waals surface area contributed by atoms with Crippen molar-refractivity contribution in [1.82, 2.24) is 39.5 Å². The predicted molar refractivity (Wildman–Crippen MR) is 165 cm³/mol. The maximum atomic E-state index is 9.06. The standard InChI is InChI=1S/C32H29N11O/c1-20-25(18-37-44-20)26-8-9-27-32(39-26)43(31(40-27)24-3-2-13-36-30(24)34)23-6-4-21(5-7-23)19-42-15-11-22(12-16-42)38-28-10-14-35-29(17-33)41-28/h2-10,13-14,18,22H,11-12,15-16,19H2,1H3,(H2,34,36)(H,35,38,41). The molecule has 1 saturated heterocycles. The van der Waals surface area contributed by atoms with Gasteiger partial charge in [0.2, 0.25) is 5.82 Å². The molecule has 0 saturated carbocycles. The molecule has 12 heteroatoms. The lowest BCUT2D eigenvalue weighted by Gasteiger charge is -2.32. The Morgan fingerprint density at radius 3 is 2.57 bits per heavy atom. The molecule has 5 aromatic heterocycles. The normalized spacial score (nSPS) is 14.1. The lowest BCUT2D eigenvalue weighted by atomic mass is 10.0. The van der Waals surface area contributed by atoms with Crippen LogP contribution in [0.1, 0.15) is 30.0 Å². The SMILES string of the molecule is Cc1oncc1-c1ccc2nc(-c3cccnc3N)n(-c3ccc(CN4CCC(Nc5ccnc(C#N)n5)CC4)cc3)c2n1. The molecule has 44 heavy (non-hydrogen) atoms. The summed E-state index contributed by atoms with van der Waals surface area (Å²) in [5.41, 5.74) is 12.2. The molecule has 0 bridgehead atoms. The second-order valence-electron chi connectivity index (χ2n) is 10.8. The average molecular weight is 584 g/mol. The Morgan fingerprint density at radius 1 is 0.977 bits per heavy atom. The van der Waals surface area contributed by atoms with E-state index in [1.807, 2.05) is 41.8 Å². The largest absolute Gasteiger partial charge is 0.383 e. The molecule has 1 aliphatic heterocycles. The first-order valence-corrected chi connectivity index (χ1v) is 14.4. The Hall–Kier alpha value is -5.67. The minimum absolute atomic E-state index is 0.178. The fraction of sp³-hybridized carbons (Fsp3) is 0.219. The van der Waals surface area contributed by atoms with Crippen molar-refractivity contribution in [1.29, 1.82) is 5.26 Å². The van der Waals surface area contributed by atoms with Crippen LogP contribution in [0.15, 0.2) is 77.7 Å².